The predicted molar refractivity (Wildman–Crippen MR) is 117 cm³/mol. The molecule has 1 atom stereocenters. The molecule has 8 nitrogen and oxygen atoms in total. The molecule has 5 rings (SSSR count). The lowest BCUT2D eigenvalue weighted by atomic mass is 10.0. The lowest BCUT2D eigenvalue weighted by Crippen LogP contribution is -2.41. The summed E-state index contributed by atoms with van der Waals surface area (Å²) < 4.78 is 13.1. The minimum atomic E-state index is -0.121. The fraction of sp³-hybridized carbons (Fsp3) is 0.542. The van der Waals surface area contributed by atoms with Gasteiger partial charge in [-0.1, -0.05) is 12.1 Å². The highest BCUT2D eigenvalue weighted by molar-refractivity contribution is 5.80. The van der Waals surface area contributed by atoms with Crippen LogP contribution in [0.25, 0.3) is 0 Å². The number of nitrogens with zero attached hydrogens (tertiary/aromatic N) is 4. The number of benzene rings is 1. The van der Waals surface area contributed by atoms with Gasteiger partial charge in [0.15, 0.2) is 0 Å². The number of carbonyl (C=O) groups is 2. The van der Waals surface area contributed by atoms with Crippen molar-refractivity contribution in [2.45, 2.75) is 45.2 Å². The van der Waals surface area contributed by atoms with E-state index in [1.54, 1.807) is 0 Å². The molecule has 2 amide bonds. The first kappa shape index (κ1) is 21.0. The van der Waals surface area contributed by atoms with E-state index in [0.29, 0.717) is 45.8 Å². The summed E-state index contributed by atoms with van der Waals surface area (Å²) in [5.74, 6) is 1.99. The molecular weight excluding hydrogens is 408 g/mol. The number of aromatic nitrogens is 2. The number of hydrogen-bond acceptors (Lipinski definition) is 5. The Morgan fingerprint density at radius 2 is 1.91 bits per heavy atom. The van der Waals surface area contributed by atoms with Crippen molar-refractivity contribution >= 4 is 11.8 Å². The Bertz CT molecular complexity index is 1010. The second-order valence-electron chi connectivity index (χ2n) is 8.79. The lowest BCUT2D eigenvalue weighted by Gasteiger charge is -2.34. The van der Waals surface area contributed by atoms with E-state index in [0.717, 1.165) is 42.3 Å². The first-order chi connectivity index (χ1) is 15.6. The largest absolute Gasteiger partial charge is 0.493 e. The third-order valence-corrected chi connectivity index (χ3v) is 6.63. The molecule has 0 bridgehead atoms. The molecule has 0 unspecified atom stereocenters. The Balaban J connectivity index is 1.24. The van der Waals surface area contributed by atoms with E-state index in [1.807, 2.05) is 35.1 Å². The minimum absolute atomic E-state index is 0.0840. The first-order valence-electron chi connectivity index (χ1n) is 11.5. The highest BCUT2D eigenvalue weighted by atomic mass is 16.5. The topological polar surface area (TPSA) is 76.9 Å². The summed E-state index contributed by atoms with van der Waals surface area (Å²) in [5, 5.41) is 0. The SMILES string of the molecule is C[C@H]1c2nc(CC(=O)N3CCOCC3)cn2CCN1C(=O)Cc1ccc2c(c1)CCCO2. The molecule has 4 heterocycles. The van der Waals surface area contributed by atoms with Gasteiger partial charge >= 0.3 is 0 Å². The molecule has 1 fully saturated rings. The summed E-state index contributed by atoms with van der Waals surface area (Å²) in [6, 6.07) is 5.97. The summed E-state index contributed by atoms with van der Waals surface area (Å²) in [6.07, 6.45) is 4.65. The quantitative estimate of drug-likeness (QED) is 0.727. The van der Waals surface area contributed by atoms with Gasteiger partial charge in [0.05, 0.1) is 44.4 Å². The molecule has 1 saturated heterocycles. The summed E-state index contributed by atoms with van der Waals surface area (Å²) in [4.78, 5) is 34.2. The molecule has 1 aromatic carbocycles. The molecule has 1 aromatic heterocycles. The minimum Gasteiger partial charge on any atom is -0.493 e. The van der Waals surface area contributed by atoms with Crippen molar-refractivity contribution in [1.29, 1.82) is 0 Å². The van der Waals surface area contributed by atoms with E-state index in [4.69, 9.17) is 14.5 Å². The third-order valence-electron chi connectivity index (χ3n) is 6.63. The Hall–Kier alpha value is -2.87. The molecule has 3 aliphatic rings. The van der Waals surface area contributed by atoms with E-state index in [1.165, 1.54) is 5.56 Å². The van der Waals surface area contributed by atoms with Crippen molar-refractivity contribution in [3.63, 3.8) is 0 Å². The molecular formula is C24H30N4O4. The van der Waals surface area contributed by atoms with Crippen LogP contribution >= 0.6 is 0 Å². The predicted octanol–water partition coefficient (Wildman–Crippen LogP) is 1.76. The van der Waals surface area contributed by atoms with Gasteiger partial charge in [0.1, 0.15) is 11.6 Å². The van der Waals surface area contributed by atoms with E-state index in [2.05, 4.69) is 10.6 Å². The van der Waals surface area contributed by atoms with Crippen molar-refractivity contribution in [2.24, 2.45) is 0 Å². The van der Waals surface area contributed by atoms with Gasteiger partial charge in [0.25, 0.3) is 0 Å². The zero-order valence-corrected chi connectivity index (χ0v) is 18.6. The van der Waals surface area contributed by atoms with Crippen molar-refractivity contribution in [3.05, 3.63) is 47.0 Å². The number of carbonyl (C=O) groups excluding carboxylic acids is 2. The number of ether oxygens (including phenoxy) is 2. The summed E-state index contributed by atoms with van der Waals surface area (Å²) in [7, 11) is 0. The van der Waals surface area contributed by atoms with Crippen LogP contribution in [0.15, 0.2) is 24.4 Å². The van der Waals surface area contributed by atoms with Crippen LogP contribution in [-0.2, 0) is 40.1 Å². The molecule has 170 valence electrons. The van der Waals surface area contributed by atoms with Crippen LogP contribution in [-0.4, -0.2) is 70.6 Å². The monoisotopic (exact) mass is 438 g/mol. The molecule has 0 N–H and O–H groups in total. The summed E-state index contributed by atoms with van der Waals surface area (Å²) in [5.41, 5.74) is 2.99. The van der Waals surface area contributed by atoms with Gasteiger partial charge in [-0.3, -0.25) is 9.59 Å². The van der Waals surface area contributed by atoms with Crippen LogP contribution in [0.4, 0.5) is 0 Å². The average molecular weight is 439 g/mol. The zero-order valence-electron chi connectivity index (χ0n) is 18.6. The second-order valence-corrected chi connectivity index (χ2v) is 8.79. The number of morpholine rings is 1. The maximum Gasteiger partial charge on any atom is 0.228 e. The Morgan fingerprint density at radius 1 is 1.06 bits per heavy atom. The number of hydrogen-bond donors (Lipinski definition) is 0. The van der Waals surface area contributed by atoms with Crippen molar-refractivity contribution in [3.8, 4) is 5.75 Å². The molecule has 0 saturated carbocycles. The molecule has 32 heavy (non-hydrogen) atoms. The summed E-state index contributed by atoms with van der Waals surface area (Å²) in [6.45, 7) is 6.59. The second kappa shape index (κ2) is 8.94. The smallest absolute Gasteiger partial charge is 0.228 e. The highest BCUT2D eigenvalue weighted by Crippen LogP contribution is 2.28. The maximum absolute atomic E-state index is 13.1. The number of imidazole rings is 1. The van der Waals surface area contributed by atoms with E-state index in [9.17, 15) is 9.59 Å². The van der Waals surface area contributed by atoms with Gasteiger partial charge in [-0.15, -0.1) is 0 Å². The Morgan fingerprint density at radius 3 is 2.75 bits per heavy atom. The van der Waals surface area contributed by atoms with E-state index >= 15 is 0 Å². The lowest BCUT2D eigenvalue weighted by molar-refractivity contribution is -0.135. The Kier molecular flexibility index (Phi) is 5.87. The summed E-state index contributed by atoms with van der Waals surface area (Å²) >= 11 is 0. The van der Waals surface area contributed by atoms with E-state index < -0.39 is 0 Å². The molecule has 3 aliphatic heterocycles. The van der Waals surface area contributed by atoms with Gasteiger partial charge in [0, 0.05) is 32.4 Å². The highest BCUT2D eigenvalue weighted by Gasteiger charge is 2.30. The number of fused-ring (bicyclic) bond motifs is 2. The maximum atomic E-state index is 13.1. The van der Waals surface area contributed by atoms with Crippen LogP contribution < -0.4 is 4.74 Å². The fourth-order valence-electron chi connectivity index (χ4n) is 4.85. The first-order valence-corrected chi connectivity index (χ1v) is 11.5. The Labute approximate surface area is 188 Å². The van der Waals surface area contributed by atoms with Crippen LogP contribution in [0.3, 0.4) is 0 Å². The molecule has 0 spiro atoms. The molecule has 0 radical (unpaired) electrons. The van der Waals surface area contributed by atoms with Gasteiger partial charge in [-0.2, -0.15) is 0 Å². The average Bonchev–Trinajstić information content (AvgIpc) is 3.23. The standard InChI is InChI=1S/C24H30N4O4/c1-17-24-25-20(15-22(29)26-8-11-31-12-9-26)16-27(24)6-7-28(17)23(30)14-18-4-5-21-19(13-18)3-2-10-32-21/h4-5,13,16-17H,2-3,6-12,14-15H2,1H3/t17-/m0/s1. The van der Waals surface area contributed by atoms with Gasteiger partial charge < -0.3 is 23.8 Å². The van der Waals surface area contributed by atoms with Crippen LogP contribution in [0.1, 0.15) is 42.0 Å². The fourth-order valence-corrected chi connectivity index (χ4v) is 4.85. The molecule has 2 aromatic rings. The van der Waals surface area contributed by atoms with Gasteiger partial charge in [-0.05, 0) is 37.0 Å². The number of aryl methyl sites for hydroxylation is 1. The zero-order chi connectivity index (χ0) is 22.1. The van der Waals surface area contributed by atoms with Crippen LogP contribution in [0, 0.1) is 0 Å². The molecule has 0 aliphatic carbocycles. The van der Waals surface area contributed by atoms with Gasteiger partial charge in [0.2, 0.25) is 11.8 Å². The van der Waals surface area contributed by atoms with Crippen molar-refractivity contribution in [2.75, 3.05) is 39.5 Å². The number of rotatable bonds is 4. The van der Waals surface area contributed by atoms with Gasteiger partial charge in [-0.25, -0.2) is 4.98 Å². The van der Waals surface area contributed by atoms with Crippen LogP contribution in [0.2, 0.25) is 0 Å². The van der Waals surface area contributed by atoms with Crippen molar-refractivity contribution < 1.29 is 19.1 Å². The normalized spacial score (nSPS) is 20.3. The van der Waals surface area contributed by atoms with E-state index in [-0.39, 0.29) is 24.3 Å². The van der Waals surface area contributed by atoms with Crippen LogP contribution in [0.5, 0.6) is 5.75 Å². The van der Waals surface area contributed by atoms with Crippen molar-refractivity contribution in [1.82, 2.24) is 19.4 Å². The number of amides is 2. The molecule has 8 heteroatoms. The third kappa shape index (κ3) is 4.24.